The van der Waals surface area contributed by atoms with Crippen LogP contribution in [0, 0.1) is 0 Å². The molecule has 0 radical (unpaired) electrons. The van der Waals surface area contributed by atoms with Gasteiger partial charge in [0.15, 0.2) is 6.10 Å². The number of cyclic esters (lactones) is 1. The summed E-state index contributed by atoms with van der Waals surface area (Å²) in [5.74, 6) is -1.88. The summed E-state index contributed by atoms with van der Waals surface area (Å²) in [6, 6.07) is -1.01. The largest absolute Gasteiger partial charge is 0.451 e. The molecule has 0 aromatic rings. The predicted octanol–water partition coefficient (Wildman–Crippen LogP) is -0.954. The van der Waals surface area contributed by atoms with Crippen LogP contribution >= 0.6 is 0 Å². The number of morpholine rings is 1. The minimum atomic E-state index is -3.26. The number of carbonyl (C=O) groups excluding carboxylic acids is 2. The molecule has 1 aliphatic heterocycles. The number of hydrogen-bond donors (Lipinski definition) is 1. The monoisotopic (exact) mass is 355 g/mol. The molecule has 8 nitrogen and oxygen atoms in total. The molecule has 1 rings (SSSR count). The first-order valence-electron chi connectivity index (χ1n) is 7.02. The van der Waals surface area contributed by atoms with E-state index in [0.29, 0.717) is 0 Å². The number of ether oxygens (including phenoxy) is 1. The van der Waals surface area contributed by atoms with Gasteiger partial charge < -0.3 is 10.1 Å². The Labute approximate surface area is 130 Å². The number of rotatable bonds is 8. The summed E-state index contributed by atoms with van der Waals surface area (Å²) in [6.45, 7) is 2.99. The zero-order valence-corrected chi connectivity index (χ0v) is 14.2. The van der Waals surface area contributed by atoms with E-state index in [9.17, 15) is 26.4 Å². The molecule has 0 aromatic heterocycles. The second kappa shape index (κ2) is 7.40. The lowest BCUT2D eigenvalue weighted by atomic mass is 10.1. The molecule has 0 saturated carbocycles. The van der Waals surface area contributed by atoms with E-state index >= 15 is 0 Å². The zero-order chi connectivity index (χ0) is 17.0. The van der Waals surface area contributed by atoms with Gasteiger partial charge in [-0.1, -0.05) is 13.8 Å². The molecule has 0 bridgehead atoms. The second-order valence-corrected chi connectivity index (χ2v) is 9.98. The number of carbonyl (C=O) groups is 2. The highest BCUT2D eigenvalue weighted by Crippen LogP contribution is 2.13. The molecule has 0 aromatic carbocycles. The van der Waals surface area contributed by atoms with E-state index < -0.39 is 43.7 Å². The Morgan fingerprint density at radius 1 is 0.955 bits per heavy atom. The molecule has 1 heterocycles. The lowest BCUT2D eigenvalue weighted by Crippen LogP contribution is -2.54. The summed E-state index contributed by atoms with van der Waals surface area (Å²) in [4.78, 5) is 23.6. The smallest absolute Gasteiger partial charge is 0.329 e. The first-order valence-corrected chi connectivity index (χ1v) is 10.7. The van der Waals surface area contributed by atoms with Crippen LogP contribution in [0.5, 0.6) is 0 Å². The Hall–Kier alpha value is -1.16. The van der Waals surface area contributed by atoms with Gasteiger partial charge in [0.25, 0.3) is 5.91 Å². The van der Waals surface area contributed by atoms with Gasteiger partial charge in [-0.3, -0.25) is 4.79 Å². The Bertz CT molecular complexity index is 568. The summed E-state index contributed by atoms with van der Waals surface area (Å²) < 4.78 is 50.6. The molecule has 0 aliphatic carbocycles. The second-order valence-electron chi connectivity index (χ2n) is 5.04. The van der Waals surface area contributed by atoms with Crippen molar-refractivity contribution < 1.29 is 31.2 Å². The topological polar surface area (TPSA) is 124 Å². The van der Waals surface area contributed by atoms with Gasteiger partial charge in [-0.2, -0.15) is 0 Å². The maximum Gasteiger partial charge on any atom is 0.329 e. The fraction of sp³-hybridized carbons (Fsp3) is 0.833. The van der Waals surface area contributed by atoms with Crippen molar-refractivity contribution in [1.29, 1.82) is 0 Å². The van der Waals surface area contributed by atoms with Crippen LogP contribution in [0.2, 0.25) is 0 Å². The highest BCUT2D eigenvalue weighted by Gasteiger charge is 2.36. The fourth-order valence-corrected chi connectivity index (χ4v) is 3.60. The molecule has 1 fully saturated rings. The Morgan fingerprint density at radius 2 is 1.45 bits per heavy atom. The number of esters is 1. The van der Waals surface area contributed by atoms with Crippen molar-refractivity contribution in [2.75, 3.05) is 23.0 Å². The van der Waals surface area contributed by atoms with Crippen molar-refractivity contribution in [3.63, 3.8) is 0 Å². The highest BCUT2D eigenvalue weighted by atomic mass is 32.2. The summed E-state index contributed by atoms with van der Waals surface area (Å²) in [7, 11) is -6.50. The van der Waals surface area contributed by atoms with Gasteiger partial charge in [0.05, 0.1) is 11.5 Å². The zero-order valence-electron chi connectivity index (χ0n) is 12.6. The predicted molar refractivity (Wildman–Crippen MR) is 79.7 cm³/mol. The molecule has 1 aliphatic rings. The van der Waals surface area contributed by atoms with Crippen molar-refractivity contribution in [1.82, 2.24) is 5.32 Å². The average Bonchev–Trinajstić information content (AvgIpc) is 2.46. The van der Waals surface area contributed by atoms with Gasteiger partial charge >= 0.3 is 5.97 Å². The maximum absolute atomic E-state index is 11.8. The molecule has 22 heavy (non-hydrogen) atoms. The van der Waals surface area contributed by atoms with E-state index in [4.69, 9.17) is 4.74 Å². The van der Waals surface area contributed by atoms with E-state index in [2.05, 4.69) is 5.32 Å². The summed E-state index contributed by atoms with van der Waals surface area (Å²) in [5.41, 5.74) is 0. The van der Waals surface area contributed by atoms with Crippen molar-refractivity contribution >= 4 is 31.6 Å². The van der Waals surface area contributed by atoms with Crippen LogP contribution in [0.25, 0.3) is 0 Å². The molecular weight excluding hydrogens is 334 g/mol. The third-order valence-electron chi connectivity index (χ3n) is 3.44. The molecule has 1 amide bonds. The van der Waals surface area contributed by atoms with Gasteiger partial charge in [0, 0.05) is 17.9 Å². The van der Waals surface area contributed by atoms with Crippen molar-refractivity contribution in [3.8, 4) is 0 Å². The van der Waals surface area contributed by atoms with Crippen LogP contribution in [-0.2, 0) is 34.0 Å². The van der Waals surface area contributed by atoms with Crippen LogP contribution in [-0.4, -0.2) is 63.9 Å². The number of amides is 1. The molecule has 128 valence electrons. The minimum Gasteiger partial charge on any atom is -0.451 e. The number of sulfone groups is 2. The SMILES string of the molecule is CCS(=O)(=O)CCC1NC(=O)C(CCS(=O)(=O)CC)OC1=O. The summed E-state index contributed by atoms with van der Waals surface area (Å²) >= 11 is 0. The number of nitrogens with one attached hydrogen (secondary N) is 1. The third kappa shape index (κ3) is 5.56. The number of hydrogen-bond acceptors (Lipinski definition) is 7. The lowest BCUT2D eigenvalue weighted by molar-refractivity contribution is -0.165. The fourth-order valence-electron chi connectivity index (χ4n) is 1.85. The normalized spacial score (nSPS) is 23.0. The van der Waals surface area contributed by atoms with E-state index in [-0.39, 0.29) is 35.9 Å². The van der Waals surface area contributed by atoms with E-state index in [0.717, 1.165) is 0 Å². The first kappa shape index (κ1) is 18.9. The van der Waals surface area contributed by atoms with Gasteiger partial charge in [0.2, 0.25) is 0 Å². The van der Waals surface area contributed by atoms with Crippen molar-refractivity contribution in [2.24, 2.45) is 0 Å². The van der Waals surface area contributed by atoms with Gasteiger partial charge in [0.1, 0.15) is 25.7 Å². The highest BCUT2D eigenvalue weighted by molar-refractivity contribution is 7.91. The maximum atomic E-state index is 11.8. The molecule has 2 unspecified atom stereocenters. The average molecular weight is 355 g/mol. The molecule has 2 atom stereocenters. The van der Waals surface area contributed by atoms with E-state index in [1.54, 1.807) is 0 Å². The Kier molecular flexibility index (Phi) is 6.36. The molecular formula is C12H21NO7S2. The summed E-state index contributed by atoms with van der Waals surface area (Å²) in [5, 5.41) is 2.39. The molecule has 1 N–H and O–H groups in total. The van der Waals surface area contributed by atoms with E-state index in [1.807, 2.05) is 0 Å². The minimum absolute atomic E-state index is 0.0415. The van der Waals surface area contributed by atoms with Crippen LogP contribution in [0.15, 0.2) is 0 Å². The summed E-state index contributed by atoms with van der Waals surface area (Å²) in [6.07, 6.45) is -1.30. The van der Waals surface area contributed by atoms with E-state index in [1.165, 1.54) is 13.8 Å². The standard InChI is InChI=1S/C12H21NO7S2/c1-3-21(16,17)7-5-9-12(15)20-10(11(14)13-9)6-8-22(18,19)4-2/h9-10H,3-8H2,1-2H3,(H,13,14). The molecule has 1 saturated heterocycles. The van der Waals surface area contributed by atoms with Crippen LogP contribution < -0.4 is 5.32 Å². The van der Waals surface area contributed by atoms with Crippen molar-refractivity contribution in [3.05, 3.63) is 0 Å². The van der Waals surface area contributed by atoms with Gasteiger partial charge in [-0.05, 0) is 6.42 Å². The van der Waals surface area contributed by atoms with Crippen LogP contribution in [0.4, 0.5) is 0 Å². The van der Waals surface area contributed by atoms with Crippen molar-refractivity contribution in [2.45, 2.75) is 38.8 Å². The quantitative estimate of drug-likeness (QED) is 0.556. The molecule has 0 spiro atoms. The third-order valence-corrected chi connectivity index (χ3v) is 6.91. The van der Waals surface area contributed by atoms with Gasteiger partial charge in [-0.25, -0.2) is 21.6 Å². The van der Waals surface area contributed by atoms with Crippen LogP contribution in [0.3, 0.4) is 0 Å². The molecule has 10 heteroatoms. The lowest BCUT2D eigenvalue weighted by Gasteiger charge is -2.28. The van der Waals surface area contributed by atoms with Gasteiger partial charge in [-0.15, -0.1) is 0 Å². The Morgan fingerprint density at radius 3 is 1.95 bits per heavy atom. The van der Waals surface area contributed by atoms with Crippen LogP contribution in [0.1, 0.15) is 26.7 Å². The first-order chi connectivity index (χ1) is 10.1. The Balaban J connectivity index is 2.58.